The van der Waals surface area contributed by atoms with Crippen molar-refractivity contribution in [3.05, 3.63) is 0 Å². The van der Waals surface area contributed by atoms with E-state index in [0.717, 1.165) is 0 Å². The minimum Gasteiger partial charge on any atom is -0.480 e. The van der Waals surface area contributed by atoms with Crippen molar-refractivity contribution in [2.75, 3.05) is 6.54 Å². The summed E-state index contributed by atoms with van der Waals surface area (Å²) in [7, 11) is 0. The van der Waals surface area contributed by atoms with Crippen LogP contribution in [0.15, 0.2) is 0 Å². The van der Waals surface area contributed by atoms with Crippen LogP contribution in [0.1, 0.15) is 26.7 Å². The molecule has 0 saturated carbocycles. The lowest BCUT2D eigenvalue weighted by atomic mass is 10.1. The third-order valence-corrected chi connectivity index (χ3v) is 3.69. The maximum absolute atomic E-state index is 12.2. The number of carboxylic acids is 1. The van der Waals surface area contributed by atoms with Crippen molar-refractivity contribution in [3.63, 3.8) is 0 Å². The number of amides is 2. The van der Waals surface area contributed by atoms with Crippen LogP contribution in [0.5, 0.6) is 0 Å². The molecule has 0 aliphatic carbocycles. The Kier molecular flexibility index (Phi) is 6.27. The summed E-state index contributed by atoms with van der Waals surface area (Å²) in [4.78, 5) is 36.6. The lowest BCUT2D eigenvalue weighted by molar-refractivity contribution is -0.146. The van der Waals surface area contributed by atoms with Crippen molar-refractivity contribution >= 4 is 17.8 Å². The molecule has 0 radical (unpaired) electrons. The first-order valence-corrected chi connectivity index (χ1v) is 7.12. The highest BCUT2D eigenvalue weighted by atomic mass is 16.4. The molecule has 0 bridgehead atoms. The molecule has 1 saturated heterocycles. The Morgan fingerprint density at radius 2 is 1.82 bits per heavy atom. The number of carboxylic acid groups (broad SMARTS) is 1. The molecule has 5 atom stereocenters. The van der Waals surface area contributed by atoms with E-state index in [4.69, 9.17) is 10.8 Å². The number of aliphatic carboxylic acids is 1. The molecule has 1 aliphatic rings. The molecule has 22 heavy (non-hydrogen) atoms. The first-order chi connectivity index (χ1) is 10.2. The maximum Gasteiger partial charge on any atom is 0.328 e. The van der Waals surface area contributed by atoms with Crippen LogP contribution in [0, 0.1) is 0 Å². The van der Waals surface area contributed by atoms with E-state index in [2.05, 4.69) is 5.32 Å². The summed E-state index contributed by atoms with van der Waals surface area (Å²) in [5.41, 5.74) is 5.59. The fourth-order valence-electron chi connectivity index (χ4n) is 2.34. The number of nitrogens with zero attached hydrogens (tertiary/aromatic N) is 1. The number of hydrogen-bond acceptors (Lipinski definition) is 6. The average Bonchev–Trinajstić information content (AvgIpc) is 2.91. The van der Waals surface area contributed by atoms with Gasteiger partial charge in [-0.1, -0.05) is 0 Å². The zero-order chi connectivity index (χ0) is 17.0. The zero-order valence-corrected chi connectivity index (χ0v) is 12.6. The summed E-state index contributed by atoms with van der Waals surface area (Å²) in [6, 6.07) is -3.44. The maximum atomic E-state index is 12.2. The summed E-state index contributed by atoms with van der Waals surface area (Å²) >= 11 is 0. The predicted molar refractivity (Wildman–Crippen MR) is 75.6 cm³/mol. The summed E-state index contributed by atoms with van der Waals surface area (Å²) < 4.78 is 0. The lowest BCUT2D eigenvalue weighted by Gasteiger charge is -2.28. The highest BCUT2D eigenvalue weighted by molar-refractivity contribution is 5.92. The van der Waals surface area contributed by atoms with Gasteiger partial charge in [-0.05, 0) is 26.7 Å². The van der Waals surface area contributed by atoms with Gasteiger partial charge in [0.15, 0.2) is 6.04 Å². The van der Waals surface area contributed by atoms with Gasteiger partial charge in [0.1, 0.15) is 12.1 Å². The second-order valence-electron chi connectivity index (χ2n) is 5.52. The predicted octanol–water partition coefficient (Wildman–Crippen LogP) is -2.36. The van der Waals surface area contributed by atoms with Crippen molar-refractivity contribution in [2.45, 2.75) is 57.0 Å². The Bertz CT molecular complexity index is 439. The fourth-order valence-corrected chi connectivity index (χ4v) is 2.34. The van der Waals surface area contributed by atoms with Gasteiger partial charge in [-0.2, -0.15) is 0 Å². The quantitative estimate of drug-likeness (QED) is 0.367. The molecule has 126 valence electrons. The van der Waals surface area contributed by atoms with Crippen molar-refractivity contribution < 1.29 is 29.7 Å². The highest BCUT2D eigenvalue weighted by Gasteiger charge is 2.39. The second kappa shape index (κ2) is 7.52. The Hall–Kier alpha value is -1.71. The van der Waals surface area contributed by atoms with Gasteiger partial charge in [0.25, 0.3) is 0 Å². The van der Waals surface area contributed by atoms with Gasteiger partial charge in [-0.15, -0.1) is 0 Å². The molecular weight excluding hydrogens is 294 g/mol. The van der Waals surface area contributed by atoms with Gasteiger partial charge in [0.05, 0.1) is 12.2 Å². The monoisotopic (exact) mass is 317 g/mol. The molecule has 0 aromatic carbocycles. The van der Waals surface area contributed by atoms with Gasteiger partial charge < -0.3 is 31.3 Å². The van der Waals surface area contributed by atoms with Gasteiger partial charge in [-0.25, -0.2) is 4.79 Å². The fraction of sp³-hybridized carbons (Fsp3) is 0.769. The summed E-state index contributed by atoms with van der Waals surface area (Å²) in [6.07, 6.45) is -1.38. The van der Waals surface area contributed by atoms with E-state index in [0.29, 0.717) is 19.4 Å². The van der Waals surface area contributed by atoms with E-state index in [1.165, 1.54) is 18.7 Å². The standard InChI is InChI=1S/C13H23N3O6/c1-6(17)9(14)12(20)16-5-3-4-8(16)11(19)15-10(7(2)18)13(21)22/h6-10,17-18H,3-5,14H2,1-2H3,(H,15,19)(H,21,22). The molecule has 9 heteroatoms. The van der Waals surface area contributed by atoms with Crippen molar-refractivity contribution in [1.29, 1.82) is 0 Å². The van der Waals surface area contributed by atoms with Crippen LogP contribution in [0.25, 0.3) is 0 Å². The summed E-state index contributed by atoms with van der Waals surface area (Å²) in [5.74, 6) is -2.58. The van der Waals surface area contributed by atoms with E-state index < -0.39 is 48.1 Å². The Morgan fingerprint density at radius 3 is 2.27 bits per heavy atom. The highest BCUT2D eigenvalue weighted by Crippen LogP contribution is 2.19. The van der Waals surface area contributed by atoms with E-state index in [9.17, 15) is 24.6 Å². The second-order valence-corrected chi connectivity index (χ2v) is 5.52. The van der Waals surface area contributed by atoms with E-state index >= 15 is 0 Å². The van der Waals surface area contributed by atoms with Crippen LogP contribution >= 0.6 is 0 Å². The number of nitrogens with one attached hydrogen (secondary N) is 1. The molecule has 0 spiro atoms. The Morgan fingerprint density at radius 1 is 1.23 bits per heavy atom. The SMILES string of the molecule is CC(O)C(N)C(=O)N1CCCC1C(=O)NC(C(=O)O)C(C)O. The molecule has 9 nitrogen and oxygen atoms in total. The van der Waals surface area contributed by atoms with E-state index in [-0.39, 0.29) is 0 Å². The molecule has 1 heterocycles. The number of likely N-dealkylation sites (tertiary alicyclic amines) is 1. The number of carbonyl (C=O) groups is 3. The van der Waals surface area contributed by atoms with Crippen LogP contribution < -0.4 is 11.1 Å². The summed E-state index contributed by atoms with van der Waals surface area (Å²) in [6.45, 7) is 2.94. The van der Waals surface area contributed by atoms with Crippen LogP contribution in [0.4, 0.5) is 0 Å². The van der Waals surface area contributed by atoms with Crippen LogP contribution in [0.3, 0.4) is 0 Å². The minimum absolute atomic E-state index is 0.309. The average molecular weight is 317 g/mol. The van der Waals surface area contributed by atoms with Gasteiger partial charge in [0, 0.05) is 6.54 Å². The van der Waals surface area contributed by atoms with Crippen LogP contribution in [-0.4, -0.2) is 74.9 Å². The Balaban J connectivity index is 2.79. The molecule has 0 aromatic heterocycles. The van der Waals surface area contributed by atoms with Crippen LogP contribution in [0.2, 0.25) is 0 Å². The third-order valence-electron chi connectivity index (χ3n) is 3.69. The first kappa shape index (κ1) is 18.3. The summed E-state index contributed by atoms with van der Waals surface area (Å²) in [5, 5.41) is 30.0. The molecule has 1 rings (SSSR count). The number of hydrogen-bond donors (Lipinski definition) is 5. The molecule has 2 amide bonds. The van der Waals surface area contributed by atoms with Gasteiger partial charge >= 0.3 is 5.97 Å². The van der Waals surface area contributed by atoms with E-state index in [1.807, 2.05) is 0 Å². The van der Waals surface area contributed by atoms with Gasteiger partial charge in [0.2, 0.25) is 11.8 Å². The normalized spacial score (nSPS) is 23.5. The molecule has 6 N–H and O–H groups in total. The molecule has 0 aromatic rings. The number of nitrogens with two attached hydrogens (primary N) is 1. The number of aliphatic hydroxyl groups excluding tert-OH is 2. The number of aliphatic hydroxyl groups is 2. The van der Waals surface area contributed by atoms with E-state index in [1.54, 1.807) is 0 Å². The first-order valence-electron chi connectivity index (χ1n) is 7.12. The minimum atomic E-state index is -1.45. The smallest absolute Gasteiger partial charge is 0.328 e. The van der Waals surface area contributed by atoms with Crippen molar-refractivity contribution in [3.8, 4) is 0 Å². The topological polar surface area (TPSA) is 153 Å². The molecular formula is C13H23N3O6. The van der Waals surface area contributed by atoms with Crippen LogP contribution in [-0.2, 0) is 14.4 Å². The molecule has 5 unspecified atom stereocenters. The van der Waals surface area contributed by atoms with Crippen molar-refractivity contribution in [2.24, 2.45) is 5.73 Å². The van der Waals surface area contributed by atoms with Gasteiger partial charge in [-0.3, -0.25) is 9.59 Å². The van der Waals surface area contributed by atoms with Crippen molar-refractivity contribution in [1.82, 2.24) is 10.2 Å². The lowest BCUT2D eigenvalue weighted by Crippen LogP contribution is -2.57. The third kappa shape index (κ3) is 4.15. The zero-order valence-electron chi connectivity index (χ0n) is 12.6. The number of carbonyl (C=O) groups excluding carboxylic acids is 2. The molecule has 1 fully saturated rings. The largest absolute Gasteiger partial charge is 0.480 e. The number of rotatable bonds is 6. The molecule has 1 aliphatic heterocycles. The Labute approximate surface area is 128 Å².